The van der Waals surface area contributed by atoms with Gasteiger partial charge in [0, 0.05) is 13.1 Å². The third-order valence-electron chi connectivity index (χ3n) is 3.03. The van der Waals surface area contributed by atoms with Gasteiger partial charge in [0.25, 0.3) is 0 Å². The van der Waals surface area contributed by atoms with Crippen LogP contribution in [0.1, 0.15) is 17.5 Å². The summed E-state index contributed by atoms with van der Waals surface area (Å²) in [4.78, 5) is 14.0. The first-order chi connectivity index (χ1) is 9.54. The van der Waals surface area contributed by atoms with Gasteiger partial charge in [0.2, 0.25) is 5.91 Å². The second-order valence-corrected chi connectivity index (χ2v) is 6.10. The minimum Gasteiger partial charge on any atom is -0.351 e. The number of nitrogens with one attached hydrogen (secondary N) is 1. The Kier molecular flexibility index (Phi) is 10.5. The van der Waals surface area contributed by atoms with Crippen molar-refractivity contribution in [3.8, 4) is 0 Å². The average Bonchev–Trinajstić information content (AvgIpc) is 2.42. The zero-order valence-electron chi connectivity index (χ0n) is 13.0. The van der Waals surface area contributed by atoms with E-state index >= 15 is 0 Å². The van der Waals surface area contributed by atoms with E-state index in [-0.39, 0.29) is 18.3 Å². The summed E-state index contributed by atoms with van der Waals surface area (Å²) >= 11 is 1.71. The molecule has 4 nitrogen and oxygen atoms in total. The van der Waals surface area contributed by atoms with Crippen molar-refractivity contribution in [3.63, 3.8) is 0 Å². The molecule has 3 N–H and O–H groups in total. The van der Waals surface area contributed by atoms with Crippen LogP contribution in [-0.2, 0) is 17.9 Å². The number of nitrogens with zero attached hydrogens (tertiary/aromatic N) is 1. The first kappa shape index (κ1) is 20.2. The van der Waals surface area contributed by atoms with Gasteiger partial charge in [-0.05, 0) is 43.7 Å². The summed E-state index contributed by atoms with van der Waals surface area (Å²) in [6, 6.07) is 7.74. The number of hydrogen-bond acceptors (Lipinski definition) is 4. The summed E-state index contributed by atoms with van der Waals surface area (Å²) in [5.74, 6) is 0.838. The van der Waals surface area contributed by atoms with Gasteiger partial charge in [-0.1, -0.05) is 24.3 Å². The first-order valence-electron chi connectivity index (χ1n) is 6.78. The lowest BCUT2D eigenvalue weighted by atomic mass is 10.1. The fourth-order valence-corrected chi connectivity index (χ4v) is 2.40. The van der Waals surface area contributed by atoms with Crippen molar-refractivity contribution in [3.05, 3.63) is 35.4 Å². The van der Waals surface area contributed by atoms with Gasteiger partial charge in [0.1, 0.15) is 0 Å². The van der Waals surface area contributed by atoms with Crippen molar-refractivity contribution in [2.45, 2.75) is 25.6 Å². The number of carbonyl (C=O) groups is 1. The summed E-state index contributed by atoms with van der Waals surface area (Å²) < 4.78 is 0. The van der Waals surface area contributed by atoms with Crippen molar-refractivity contribution in [1.82, 2.24) is 10.2 Å². The van der Waals surface area contributed by atoms with E-state index in [1.54, 1.807) is 11.8 Å². The van der Waals surface area contributed by atoms with Crippen LogP contribution in [0, 0.1) is 0 Å². The highest BCUT2D eigenvalue weighted by molar-refractivity contribution is 7.98. The third kappa shape index (κ3) is 7.71. The number of amides is 1. The lowest BCUT2D eigenvalue weighted by Gasteiger charge is -2.16. The molecule has 1 aromatic carbocycles. The van der Waals surface area contributed by atoms with Gasteiger partial charge in [-0.25, -0.2) is 0 Å². The maximum absolute atomic E-state index is 11.9. The molecule has 0 saturated heterocycles. The van der Waals surface area contributed by atoms with E-state index in [1.165, 1.54) is 5.56 Å². The molecule has 0 heterocycles. The minimum absolute atomic E-state index is 0. The van der Waals surface area contributed by atoms with Crippen molar-refractivity contribution >= 4 is 30.1 Å². The van der Waals surface area contributed by atoms with E-state index in [9.17, 15) is 4.79 Å². The molecule has 6 heteroatoms. The fraction of sp³-hybridized carbons (Fsp3) is 0.533. The summed E-state index contributed by atoms with van der Waals surface area (Å²) in [5.41, 5.74) is 8.23. The van der Waals surface area contributed by atoms with Crippen LogP contribution in [0.4, 0.5) is 0 Å². The standard InChI is InChI=1S/C15H25N3OS.ClH/c1-18(2)11-13-7-5-4-6-12(13)10-17-15(19)14(16)8-9-20-3;/h4-7,14H,8-11,16H2,1-3H3,(H,17,19);1H/t14-;/m0./s1. The van der Waals surface area contributed by atoms with Gasteiger partial charge >= 0.3 is 0 Å². The molecule has 0 spiro atoms. The molecular formula is C15H26ClN3OS. The summed E-state index contributed by atoms with van der Waals surface area (Å²) in [6.07, 6.45) is 2.73. The zero-order valence-corrected chi connectivity index (χ0v) is 14.6. The Hall–Kier alpha value is -0.750. The van der Waals surface area contributed by atoms with Crippen LogP contribution in [0.25, 0.3) is 0 Å². The van der Waals surface area contributed by atoms with E-state index in [2.05, 4.69) is 16.3 Å². The molecule has 0 radical (unpaired) electrons. The molecule has 1 atom stereocenters. The van der Waals surface area contributed by atoms with Crippen molar-refractivity contribution in [1.29, 1.82) is 0 Å². The molecule has 1 aromatic rings. The second-order valence-electron chi connectivity index (χ2n) is 5.11. The number of hydrogen-bond donors (Lipinski definition) is 2. The van der Waals surface area contributed by atoms with E-state index in [1.807, 2.05) is 38.6 Å². The van der Waals surface area contributed by atoms with Crippen LogP contribution >= 0.6 is 24.2 Å². The van der Waals surface area contributed by atoms with E-state index in [0.29, 0.717) is 13.0 Å². The largest absolute Gasteiger partial charge is 0.351 e. The van der Waals surface area contributed by atoms with Gasteiger partial charge in [-0.3, -0.25) is 4.79 Å². The molecule has 0 fully saturated rings. The topological polar surface area (TPSA) is 58.4 Å². The van der Waals surface area contributed by atoms with Crippen LogP contribution in [0.2, 0.25) is 0 Å². The second kappa shape index (κ2) is 10.9. The highest BCUT2D eigenvalue weighted by Crippen LogP contribution is 2.10. The molecule has 0 unspecified atom stereocenters. The quantitative estimate of drug-likeness (QED) is 0.763. The number of halogens is 1. The number of benzene rings is 1. The molecular weight excluding hydrogens is 306 g/mol. The van der Waals surface area contributed by atoms with E-state index in [0.717, 1.165) is 17.9 Å². The number of nitrogens with two attached hydrogens (primary N) is 1. The Morgan fingerprint density at radius 3 is 2.52 bits per heavy atom. The highest BCUT2D eigenvalue weighted by Gasteiger charge is 2.13. The van der Waals surface area contributed by atoms with Gasteiger partial charge < -0.3 is 16.0 Å². The smallest absolute Gasteiger partial charge is 0.237 e. The summed E-state index contributed by atoms with van der Waals surface area (Å²) in [7, 11) is 4.07. The van der Waals surface area contributed by atoms with Crippen LogP contribution in [0.3, 0.4) is 0 Å². The van der Waals surface area contributed by atoms with E-state index < -0.39 is 6.04 Å². The first-order valence-corrected chi connectivity index (χ1v) is 8.17. The maximum Gasteiger partial charge on any atom is 0.237 e. The third-order valence-corrected chi connectivity index (χ3v) is 3.67. The Bertz CT molecular complexity index is 429. The predicted octanol–water partition coefficient (Wildman–Crippen LogP) is 1.87. The molecule has 0 aliphatic rings. The number of rotatable bonds is 8. The molecule has 0 bridgehead atoms. The Morgan fingerprint density at radius 2 is 1.95 bits per heavy atom. The molecule has 1 rings (SSSR count). The van der Waals surface area contributed by atoms with Gasteiger partial charge in [-0.2, -0.15) is 11.8 Å². The van der Waals surface area contributed by atoms with Crippen LogP contribution < -0.4 is 11.1 Å². The van der Waals surface area contributed by atoms with Crippen molar-refractivity contribution < 1.29 is 4.79 Å². The summed E-state index contributed by atoms with van der Waals surface area (Å²) in [6.45, 7) is 1.40. The zero-order chi connectivity index (χ0) is 15.0. The predicted molar refractivity (Wildman–Crippen MR) is 93.9 cm³/mol. The number of carbonyl (C=O) groups excluding carboxylic acids is 1. The normalized spacial score (nSPS) is 11.9. The number of thioether (sulfide) groups is 1. The fourth-order valence-electron chi connectivity index (χ4n) is 1.91. The van der Waals surface area contributed by atoms with Crippen LogP contribution in [0.5, 0.6) is 0 Å². The highest BCUT2D eigenvalue weighted by atomic mass is 35.5. The molecule has 0 aliphatic heterocycles. The van der Waals surface area contributed by atoms with Gasteiger partial charge in [-0.15, -0.1) is 12.4 Å². The van der Waals surface area contributed by atoms with Crippen LogP contribution in [-0.4, -0.2) is 43.0 Å². The SMILES string of the molecule is CSCC[C@H](N)C(=O)NCc1ccccc1CN(C)C.Cl. The maximum atomic E-state index is 11.9. The van der Waals surface area contributed by atoms with Crippen LogP contribution in [0.15, 0.2) is 24.3 Å². The van der Waals surface area contributed by atoms with Crippen molar-refractivity contribution in [2.24, 2.45) is 5.73 Å². The molecule has 0 aromatic heterocycles. The van der Waals surface area contributed by atoms with Crippen molar-refractivity contribution in [2.75, 3.05) is 26.1 Å². The molecule has 120 valence electrons. The summed E-state index contributed by atoms with van der Waals surface area (Å²) in [5, 5.41) is 2.93. The molecule has 0 aliphatic carbocycles. The monoisotopic (exact) mass is 331 g/mol. The Morgan fingerprint density at radius 1 is 1.33 bits per heavy atom. The van der Waals surface area contributed by atoms with Gasteiger partial charge in [0.15, 0.2) is 0 Å². The minimum atomic E-state index is -0.413. The Labute approximate surface area is 138 Å². The lowest BCUT2D eigenvalue weighted by molar-refractivity contribution is -0.122. The molecule has 0 saturated carbocycles. The lowest BCUT2D eigenvalue weighted by Crippen LogP contribution is -2.40. The molecule has 1 amide bonds. The Balaban J connectivity index is 0.00000400. The average molecular weight is 332 g/mol. The van der Waals surface area contributed by atoms with E-state index in [4.69, 9.17) is 5.73 Å². The van der Waals surface area contributed by atoms with Gasteiger partial charge in [0.05, 0.1) is 6.04 Å². The molecule has 21 heavy (non-hydrogen) atoms.